The van der Waals surface area contributed by atoms with E-state index in [1.807, 2.05) is 36.4 Å². The second kappa shape index (κ2) is 8.39. The quantitative estimate of drug-likeness (QED) is 0.489. The second-order valence-corrected chi connectivity index (χ2v) is 6.22. The third-order valence-electron chi connectivity index (χ3n) is 3.46. The first kappa shape index (κ1) is 17.1. The van der Waals surface area contributed by atoms with Crippen LogP contribution in [0.15, 0.2) is 53.8 Å². The third-order valence-corrected chi connectivity index (χ3v) is 4.40. The SMILES string of the molecule is COc1cccc(OCc2nnc(SCCc3ccccn3)n2N)c1. The number of nitrogens with zero attached hydrogens (tertiary/aromatic N) is 4. The Balaban J connectivity index is 1.53. The molecule has 2 N–H and O–H groups in total. The summed E-state index contributed by atoms with van der Waals surface area (Å²) in [6.07, 6.45) is 2.63. The van der Waals surface area contributed by atoms with Crippen LogP contribution in [0.5, 0.6) is 11.5 Å². The monoisotopic (exact) mass is 357 g/mol. The predicted octanol–water partition coefficient (Wildman–Crippen LogP) is 2.31. The lowest BCUT2D eigenvalue weighted by molar-refractivity contribution is 0.289. The minimum Gasteiger partial charge on any atom is -0.497 e. The maximum atomic E-state index is 6.05. The van der Waals surface area contributed by atoms with Crippen LogP contribution in [0.3, 0.4) is 0 Å². The highest BCUT2D eigenvalue weighted by Crippen LogP contribution is 2.20. The highest BCUT2D eigenvalue weighted by Gasteiger charge is 2.11. The van der Waals surface area contributed by atoms with Gasteiger partial charge in [-0.05, 0) is 30.7 Å². The molecule has 8 heteroatoms. The van der Waals surface area contributed by atoms with E-state index in [2.05, 4.69) is 15.2 Å². The Morgan fingerprint density at radius 2 is 2.00 bits per heavy atom. The summed E-state index contributed by atoms with van der Waals surface area (Å²) >= 11 is 1.54. The maximum absolute atomic E-state index is 6.05. The first-order valence-electron chi connectivity index (χ1n) is 7.75. The number of rotatable bonds is 8. The Labute approximate surface area is 150 Å². The Morgan fingerprint density at radius 1 is 1.12 bits per heavy atom. The smallest absolute Gasteiger partial charge is 0.209 e. The standard InChI is InChI=1S/C17H19N5O2S/c1-23-14-6-4-7-15(11-14)24-12-16-20-21-17(22(16)18)25-10-8-13-5-2-3-9-19-13/h2-7,9,11H,8,10,12,18H2,1H3. The zero-order valence-corrected chi connectivity index (χ0v) is 14.6. The van der Waals surface area contributed by atoms with Crippen LogP contribution in [0.1, 0.15) is 11.5 Å². The van der Waals surface area contributed by atoms with E-state index in [9.17, 15) is 0 Å². The molecular weight excluding hydrogens is 338 g/mol. The van der Waals surface area contributed by atoms with Crippen LogP contribution >= 0.6 is 11.8 Å². The molecule has 3 rings (SSSR count). The van der Waals surface area contributed by atoms with E-state index in [1.165, 1.54) is 16.4 Å². The van der Waals surface area contributed by atoms with Crippen LogP contribution in [-0.2, 0) is 13.0 Å². The lowest BCUT2D eigenvalue weighted by Crippen LogP contribution is -2.16. The number of benzene rings is 1. The molecule has 2 aromatic heterocycles. The number of nitrogen functional groups attached to an aromatic ring is 1. The molecule has 1 aromatic carbocycles. The summed E-state index contributed by atoms with van der Waals surface area (Å²) < 4.78 is 12.3. The van der Waals surface area contributed by atoms with E-state index >= 15 is 0 Å². The number of hydrogen-bond donors (Lipinski definition) is 1. The number of thioether (sulfide) groups is 1. The first-order valence-corrected chi connectivity index (χ1v) is 8.74. The van der Waals surface area contributed by atoms with Crippen LogP contribution in [0.4, 0.5) is 0 Å². The van der Waals surface area contributed by atoms with Gasteiger partial charge in [-0.15, -0.1) is 10.2 Å². The number of pyridine rings is 1. The highest BCUT2D eigenvalue weighted by atomic mass is 32.2. The van der Waals surface area contributed by atoms with Gasteiger partial charge in [-0.3, -0.25) is 4.98 Å². The lowest BCUT2D eigenvalue weighted by Gasteiger charge is -2.07. The molecule has 2 heterocycles. The van der Waals surface area contributed by atoms with Gasteiger partial charge < -0.3 is 15.3 Å². The summed E-state index contributed by atoms with van der Waals surface area (Å²) in [5, 5.41) is 8.87. The molecule has 0 aliphatic carbocycles. The van der Waals surface area contributed by atoms with E-state index in [-0.39, 0.29) is 6.61 Å². The molecule has 3 aromatic rings. The second-order valence-electron chi connectivity index (χ2n) is 5.16. The zero-order chi connectivity index (χ0) is 17.5. The van der Waals surface area contributed by atoms with Gasteiger partial charge in [0.15, 0.2) is 5.82 Å². The van der Waals surface area contributed by atoms with Crippen molar-refractivity contribution in [1.29, 1.82) is 0 Å². The van der Waals surface area contributed by atoms with Crippen molar-refractivity contribution < 1.29 is 9.47 Å². The maximum Gasteiger partial charge on any atom is 0.209 e. The number of aryl methyl sites for hydroxylation is 1. The summed E-state index contributed by atoms with van der Waals surface area (Å²) in [5.41, 5.74) is 1.04. The highest BCUT2D eigenvalue weighted by molar-refractivity contribution is 7.99. The van der Waals surface area contributed by atoms with E-state index in [1.54, 1.807) is 19.4 Å². The Morgan fingerprint density at radius 3 is 2.80 bits per heavy atom. The van der Waals surface area contributed by atoms with Crippen LogP contribution < -0.4 is 15.3 Å². The fourth-order valence-corrected chi connectivity index (χ4v) is 2.97. The lowest BCUT2D eigenvalue weighted by atomic mass is 10.3. The van der Waals surface area contributed by atoms with Gasteiger partial charge in [0, 0.05) is 23.7 Å². The molecule has 25 heavy (non-hydrogen) atoms. The van der Waals surface area contributed by atoms with Crippen molar-refractivity contribution in [3.05, 3.63) is 60.2 Å². The molecule has 0 aliphatic rings. The summed E-state index contributed by atoms with van der Waals surface area (Å²) in [4.78, 5) is 4.30. The van der Waals surface area contributed by atoms with E-state index in [0.717, 1.165) is 23.6 Å². The molecule has 7 nitrogen and oxygen atoms in total. The van der Waals surface area contributed by atoms with E-state index in [0.29, 0.717) is 16.7 Å². The van der Waals surface area contributed by atoms with Crippen molar-refractivity contribution in [2.45, 2.75) is 18.2 Å². The van der Waals surface area contributed by atoms with Gasteiger partial charge in [-0.25, -0.2) is 4.68 Å². The summed E-state index contributed by atoms with van der Waals surface area (Å²) in [6, 6.07) is 13.3. The average Bonchev–Trinajstić information content (AvgIpc) is 3.01. The minimum absolute atomic E-state index is 0.234. The molecule has 0 bridgehead atoms. The summed E-state index contributed by atoms with van der Waals surface area (Å²) in [5.74, 6) is 8.86. The predicted molar refractivity (Wildman–Crippen MR) is 96.2 cm³/mol. The average molecular weight is 357 g/mol. The topological polar surface area (TPSA) is 88.1 Å². The van der Waals surface area contributed by atoms with Crippen LogP contribution in [0, 0.1) is 0 Å². The molecule has 0 fully saturated rings. The molecule has 0 radical (unpaired) electrons. The number of methoxy groups -OCH3 is 1. The van der Waals surface area contributed by atoms with Gasteiger partial charge in [0.1, 0.15) is 18.1 Å². The molecule has 0 aliphatic heterocycles. The molecule has 0 unspecified atom stereocenters. The number of ether oxygens (including phenoxy) is 2. The third kappa shape index (κ3) is 4.63. The summed E-state index contributed by atoms with van der Waals surface area (Å²) in [6.45, 7) is 0.234. The van der Waals surface area contributed by atoms with Gasteiger partial charge in [0.2, 0.25) is 5.16 Å². The molecule has 0 saturated carbocycles. The van der Waals surface area contributed by atoms with Crippen molar-refractivity contribution >= 4 is 11.8 Å². The van der Waals surface area contributed by atoms with Gasteiger partial charge in [0.25, 0.3) is 0 Å². The van der Waals surface area contributed by atoms with Crippen LogP contribution in [0.25, 0.3) is 0 Å². The number of aromatic nitrogens is 4. The normalized spacial score (nSPS) is 10.6. The Bertz CT molecular complexity index is 810. The van der Waals surface area contributed by atoms with Gasteiger partial charge >= 0.3 is 0 Å². The Kier molecular flexibility index (Phi) is 5.73. The fourth-order valence-electron chi connectivity index (χ4n) is 2.14. The van der Waals surface area contributed by atoms with Crippen LogP contribution in [-0.4, -0.2) is 32.7 Å². The molecular formula is C17H19N5O2S. The molecule has 0 spiro atoms. The van der Waals surface area contributed by atoms with Crippen molar-refractivity contribution in [2.24, 2.45) is 0 Å². The molecule has 0 saturated heterocycles. The minimum atomic E-state index is 0.234. The van der Waals surface area contributed by atoms with Gasteiger partial charge in [0.05, 0.1) is 7.11 Å². The molecule has 130 valence electrons. The Hall–Kier alpha value is -2.74. The number of hydrogen-bond acceptors (Lipinski definition) is 7. The first-order chi connectivity index (χ1) is 12.3. The fraction of sp³-hybridized carbons (Fsp3) is 0.235. The van der Waals surface area contributed by atoms with Crippen molar-refractivity contribution in [1.82, 2.24) is 19.9 Å². The van der Waals surface area contributed by atoms with Gasteiger partial charge in [-0.2, -0.15) is 0 Å². The van der Waals surface area contributed by atoms with Crippen molar-refractivity contribution in [2.75, 3.05) is 18.7 Å². The summed E-state index contributed by atoms with van der Waals surface area (Å²) in [7, 11) is 1.62. The van der Waals surface area contributed by atoms with Gasteiger partial charge in [-0.1, -0.05) is 23.9 Å². The van der Waals surface area contributed by atoms with Crippen molar-refractivity contribution in [3.63, 3.8) is 0 Å². The van der Waals surface area contributed by atoms with Crippen LogP contribution in [0.2, 0.25) is 0 Å². The van der Waals surface area contributed by atoms with E-state index < -0.39 is 0 Å². The zero-order valence-electron chi connectivity index (χ0n) is 13.8. The molecule has 0 atom stereocenters. The van der Waals surface area contributed by atoms with Crippen molar-refractivity contribution in [3.8, 4) is 11.5 Å². The largest absolute Gasteiger partial charge is 0.497 e. The molecule has 0 amide bonds. The van der Waals surface area contributed by atoms with E-state index in [4.69, 9.17) is 15.3 Å². The number of nitrogens with two attached hydrogens (primary N) is 1.